The fourth-order valence-corrected chi connectivity index (χ4v) is 5.16. The van der Waals surface area contributed by atoms with Gasteiger partial charge in [-0.25, -0.2) is 4.79 Å². The summed E-state index contributed by atoms with van der Waals surface area (Å²) in [6, 6.07) is 20.2. The van der Waals surface area contributed by atoms with Gasteiger partial charge in [0.25, 0.3) is 0 Å². The van der Waals surface area contributed by atoms with Gasteiger partial charge in [-0.05, 0) is 40.6 Å². The number of benzene rings is 3. The molecule has 0 spiro atoms. The molecule has 3 aromatic carbocycles. The summed E-state index contributed by atoms with van der Waals surface area (Å²) >= 11 is 0. The van der Waals surface area contributed by atoms with Gasteiger partial charge < -0.3 is 19.7 Å². The third kappa shape index (κ3) is 7.44. The molecular formula is C31H36N4O5. The molecule has 0 radical (unpaired) electrons. The van der Waals surface area contributed by atoms with Crippen molar-refractivity contribution in [2.24, 2.45) is 0 Å². The van der Waals surface area contributed by atoms with E-state index in [1.54, 1.807) is 24.3 Å². The minimum absolute atomic E-state index is 0.159. The van der Waals surface area contributed by atoms with Crippen LogP contribution in [0.4, 0.5) is 0 Å². The first-order valence-electron chi connectivity index (χ1n) is 13.9. The minimum atomic E-state index is -0.408. The molecule has 0 bridgehead atoms. The van der Waals surface area contributed by atoms with E-state index in [0.717, 1.165) is 68.7 Å². The molecule has 0 aromatic heterocycles. The van der Waals surface area contributed by atoms with E-state index in [2.05, 4.69) is 15.1 Å². The zero-order valence-electron chi connectivity index (χ0n) is 22.7. The number of piperazine rings is 2. The number of carbonyl (C=O) groups excluding carboxylic acids is 3. The number of amides is 1. The molecule has 9 nitrogen and oxygen atoms in total. The molecule has 0 atom stereocenters. The molecule has 0 saturated carbocycles. The maximum atomic E-state index is 12.5. The highest BCUT2D eigenvalue weighted by molar-refractivity contribution is 5.90. The van der Waals surface area contributed by atoms with Gasteiger partial charge in [0, 0.05) is 58.9 Å². The number of esters is 2. The van der Waals surface area contributed by atoms with Gasteiger partial charge in [0.05, 0.1) is 18.5 Å². The van der Waals surface area contributed by atoms with Crippen molar-refractivity contribution in [3.63, 3.8) is 0 Å². The highest BCUT2D eigenvalue weighted by Crippen LogP contribution is 2.20. The van der Waals surface area contributed by atoms with Gasteiger partial charge in [0.2, 0.25) is 5.91 Å². The Labute approximate surface area is 234 Å². The average Bonchev–Trinajstić information content (AvgIpc) is 2.99. The van der Waals surface area contributed by atoms with Crippen molar-refractivity contribution >= 4 is 28.6 Å². The van der Waals surface area contributed by atoms with E-state index >= 15 is 0 Å². The minimum Gasteiger partial charge on any atom is -0.461 e. The van der Waals surface area contributed by atoms with Gasteiger partial charge in [-0.2, -0.15) is 0 Å². The fraction of sp³-hybridized carbons (Fsp3) is 0.387. The lowest BCUT2D eigenvalue weighted by Gasteiger charge is -2.36. The Morgan fingerprint density at radius 2 is 1.48 bits per heavy atom. The summed E-state index contributed by atoms with van der Waals surface area (Å²) < 4.78 is 11.0. The monoisotopic (exact) mass is 544 g/mol. The Morgan fingerprint density at radius 3 is 2.25 bits per heavy atom. The Hall–Kier alpha value is -3.79. The molecular weight excluding hydrogens is 508 g/mol. The van der Waals surface area contributed by atoms with Gasteiger partial charge in [-0.15, -0.1) is 0 Å². The number of nitrogens with zero attached hydrogens (tertiary/aromatic N) is 3. The van der Waals surface area contributed by atoms with Gasteiger partial charge in [-0.1, -0.05) is 42.5 Å². The van der Waals surface area contributed by atoms with Gasteiger partial charge in [0.1, 0.15) is 12.4 Å². The Kier molecular flexibility index (Phi) is 9.38. The first-order chi connectivity index (χ1) is 19.5. The average molecular weight is 545 g/mol. The first kappa shape index (κ1) is 27.8. The topological polar surface area (TPSA) is 91.4 Å². The zero-order chi connectivity index (χ0) is 27.7. The van der Waals surface area contributed by atoms with Crippen molar-refractivity contribution in [1.29, 1.82) is 0 Å². The molecule has 210 valence electrons. The van der Waals surface area contributed by atoms with Crippen LogP contribution in [0.2, 0.25) is 0 Å². The summed E-state index contributed by atoms with van der Waals surface area (Å²) in [5, 5.41) is 5.38. The summed E-state index contributed by atoms with van der Waals surface area (Å²) in [5.41, 5.74) is 1.32. The van der Waals surface area contributed by atoms with Crippen LogP contribution in [-0.4, -0.2) is 105 Å². The highest BCUT2D eigenvalue weighted by Gasteiger charge is 2.23. The summed E-state index contributed by atoms with van der Waals surface area (Å²) in [7, 11) is 0. The number of hydrogen-bond donors (Lipinski definition) is 1. The molecule has 2 aliphatic rings. The molecule has 2 saturated heterocycles. The number of carbonyl (C=O) groups is 3. The lowest BCUT2D eigenvalue weighted by atomic mass is 10.0. The van der Waals surface area contributed by atoms with E-state index in [-0.39, 0.29) is 18.3 Å². The summed E-state index contributed by atoms with van der Waals surface area (Å²) in [4.78, 5) is 43.9. The second kappa shape index (κ2) is 13.5. The maximum Gasteiger partial charge on any atom is 0.338 e. The standard InChI is InChI=1S/C31H36N4O5/c36-29(35-14-12-32-13-15-35)23-34-18-16-33(17-19-34)20-21-39-31(38)25-8-10-27(11-9-25)40-30(37)22-26-6-3-5-24-4-1-2-7-28(24)26/h1-11,32H,12-23H2. The van der Waals surface area contributed by atoms with Crippen LogP contribution in [0.5, 0.6) is 5.75 Å². The van der Waals surface area contributed by atoms with E-state index in [1.165, 1.54) is 0 Å². The van der Waals surface area contributed by atoms with E-state index in [4.69, 9.17) is 9.47 Å². The number of rotatable bonds is 9. The molecule has 9 heteroatoms. The van der Waals surface area contributed by atoms with Crippen LogP contribution in [0.25, 0.3) is 10.8 Å². The summed E-state index contributed by atoms with van der Waals surface area (Å²) in [6.07, 6.45) is 0.159. The van der Waals surface area contributed by atoms with Crippen LogP contribution >= 0.6 is 0 Å². The molecule has 2 heterocycles. The lowest BCUT2D eigenvalue weighted by molar-refractivity contribution is -0.134. The second-order valence-electron chi connectivity index (χ2n) is 10.2. The van der Waals surface area contributed by atoms with Crippen LogP contribution in [-0.2, 0) is 20.7 Å². The van der Waals surface area contributed by atoms with Crippen LogP contribution in [0.1, 0.15) is 15.9 Å². The first-order valence-corrected chi connectivity index (χ1v) is 13.9. The third-order valence-corrected chi connectivity index (χ3v) is 7.47. The van der Waals surface area contributed by atoms with Crippen molar-refractivity contribution in [2.75, 3.05) is 72.1 Å². The third-order valence-electron chi connectivity index (χ3n) is 7.47. The molecule has 2 aliphatic heterocycles. The van der Waals surface area contributed by atoms with Crippen molar-refractivity contribution in [2.45, 2.75) is 6.42 Å². The van der Waals surface area contributed by atoms with Crippen LogP contribution < -0.4 is 10.1 Å². The number of nitrogens with one attached hydrogen (secondary N) is 1. The normalized spacial score (nSPS) is 16.6. The Bertz CT molecular complexity index is 1310. The summed E-state index contributed by atoms with van der Waals surface area (Å²) in [6.45, 7) is 8.03. The summed E-state index contributed by atoms with van der Waals surface area (Å²) in [5.74, 6) is -0.182. The van der Waals surface area contributed by atoms with E-state index in [0.29, 0.717) is 31.0 Å². The molecule has 40 heavy (non-hydrogen) atoms. The number of ether oxygens (including phenoxy) is 2. The lowest BCUT2D eigenvalue weighted by Crippen LogP contribution is -2.53. The smallest absolute Gasteiger partial charge is 0.338 e. The Balaban J connectivity index is 1.01. The predicted molar refractivity (Wildman–Crippen MR) is 152 cm³/mol. The largest absolute Gasteiger partial charge is 0.461 e. The van der Waals surface area contributed by atoms with E-state index in [1.807, 2.05) is 47.4 Å². The van der Waals surface area contributed by atoms with Gasteiger partial charge in [-0.3, -0.25) is 19.4 Å². The van der Waals surface area contributed by atoms with E-state index < -0.39 is 5.97 Å². The highest BCUT2D eigenvalue weighted by atomic mass is 16.5. The molecule has 2 fully saturated rings. The number of fused-ring (bicyclic) bond motifs is 1. The van der Waals surface area contributed by atoms with Crippen molar-refractivity contribution in [3.05, 3.63) is 77.9 Å². The SMILES string of the molecule is O=C(Cc1cccc2ccccc12)Oc1ccc(C(=O)OCCN2CCN(CC(=O)N3CCNCC3)CC2)cc1. The second-order valence-corrected chi connectivity index (χ2v) is 10.2. The fourth-order valence-electron chi connectivity index (χ4n) is 5.16. The van der Waals surface area contributed by atoms with Crippen LogP contribution in [0, 0.1) is 0 Å². The maximum absolute atomic E-state index is 12.5. The quantitative estimate of drug-likeness (QED) is 0.324. The van der Waals surface area contributed by atoms with Gasteiger partial charge in [0.15, 0.2) is 0 Å². The zero-order valence-corrected chi connectivity index (χ0v) is 22.7. The molecule has 0 aliphatic carbocycles. The van der Waals surface area contributed by atoms with Crippen molar-refractivity contribution < 1.29 is 23.9 Å². The van der Waals surface area contributed by atoms with E-state index in [9.17, 15) is 14.4 Å². The number of hydrogen-bond acceptors (Lipinski definition) is 8. The van der Waals surface area contributed by atoms with Gasteiger partial charge >= 0.3 is 11.9 Å². The predicted octanol–water partition coefficient (Wildman–Crippen LogP) is 2.19. The molecule has 1 N–H and O–H groups in total. The molecule has 5 rings (SSSR count). The van der Waals surface area contributed by atoms with Crippen LogP contribution in [0.15, 0.2) is 66.7 Å². The molecule has 3 aromatic rings. The van der Waals surface area contributed by atoms with Crippen molar-refractivity contribution in [1.82, 2.24) is 20.0 Å². The van der Waals surface area contributed by atoms with Crippen molar-refractivity contribution in [3.8, 4) is 5.75 Å². The molecule has 1 amide bonds. The van der Waals surface area contributed by atoms with Crippen LogP contribution in [0.3, 0.4) is 0 Å². The Morgan fingerprint density at radius 1 is 0.775 bits per heavy atom. The molecule has 0 unspecified atom stereocenters.